The molecule has 98 valence electrons. The van der Waals surface area contributed by atoms with Gasteiger partial charge in [-0.15, -0.1) is 12.6 Å². The van der Waals surface area contributed by atoms with Crippen molar-refractivity contribution in [2.75, 3.05) is 0 Å². The van der Waals surface area contributed by atoms with Crippen LogP contribution in [-0.4, -0.2) is 11.3 Å². The fourth-order valence-corrected chi connectivity index (χ4v) is 2.30. The van der Waals surface area contributed by atoms with Gasteiger partial charge < -0.3 is 5.11 Å². The van der Waals surface area contributed by atoms with Crippen LogP contribution in [0.3, 0.4) is 0 Å². The number of rotatable bonds is 2. The molecule has 0 saturated carbocycles. The lowest BCUT2D eigenvalue weighted by Crippen LogP contribution is -1.84. The van der Waals surface area contributed by atoms with Crippen molar-refractivity contribution in [3.63, 3.8) is 0 Å². The third-order valence-electron chi connectivity index (χ3n) is 2.34. The maximum atomic E-state index is 9.80. The van der Waals surface area contributed by atoms with Crippen LogP contribution in [0.25, 0.3) is 0 Å². The minimum atomic E-state index is -0.0717. The Labute approximate surface area is 131 Å². The van der Waals surface area contributed by atoms with Crippen LogP contribution >= 0.6 is 47.4 Å². The molecule has 0 aliphatic carbocycles. The number of aromatic hydroxyl groups is 1. The van der Waals surface area contributed by atoms with E-state index in [0.717, 1.165) is 0 Å². The van der Waals surface area contributed by atoms with E-state index in [9.17, 15) is 5.11 Å². The molecule has 0 heterocycles. The highest BCUT2D eigenvalue weighted by atomic mass is 35.5. The first kappa shape index (κ1) is 14.5. The number of benzene rings is 2. The second kappa shape index (κ2) is 6.06. The molecule has 2 aromatic rings. The van der Waals surface area contributed by atoms with Crippen molar-refractivity contribution >= 4 is 59.3 Å². The average Bonchev–Trinajstić information content (AvgIpc) is 2.35. The zero-order chi connectivity index (χ0) is 14.0. The molecular formula is C13H8Cl3NOS. The SMILES string of the molecule is Oc1c(Cl)cc(Cl)cc1C=Nc1cc(Cl)ccc1S. The molecule has 0 aromatic heterocycles. The van der Waals surface area contributed by atoms with Crippen LogP contribution in [0.1, 0.15) is 5.56 Å². The molecule has 0 amide bonds. The number of nitrogens with zero attached hydrogens (tertiary/aromatic N) is 1. The summed E-state index contributed by atoms with van der Waals surface area (Å²) in [6.07, 6.45) is 1.46. The van der Waals surface area contributed by atoms with E-state index < -0.39 is 0 Å². The summed E-state index contributed by atoms with van der Waals surface area (Å²) in [6, 6.07) is 8.15. The summed E-state index contributed by atoms with van der Waals surface area (Å²) < 4.78 is 0. The Bertz CT molecular complexity index is 659. The summed E-state index contributed by atoms with van der Waals surface area (Å²) in [4.78, 5) is 4.89. The summed E-state index contributed by atoms with van der Waals surface area (Å²) in [6.45, 7) is 0. The van der Waals surface area contributed by atoms with Crippen molar-refractivity contribution in [2.45, 2.75) is 4.90 Å². The van der Waals surface area contributed by atoms with E-state index in [1.54, 1.807) is 24.3 Å². The van der Waals surface area contributed by atoms with Crippen molar-refractivity contribution in [1.82, 2.24) is 0 Å². The molecule has 2 rings (SSSR count). The van der Waals surface area contributed by atoms with Gasteiger partial charge >= 0.3 is 0 Å². The first-order valence-corrected chi connectivity index (χ1v) is 6.76. The minimum absolute atomic E-state index is 0.0717. The highest BCUT2D eigenvalue weighted by Crippen LogP contribution is 2.31. The number of phenolic OH excluding ortho intramolecular Hbond substituents is 1. The Morgan fingerprint density at radius 3 is 2.53 bits per heavy atom. The number of hydrogen-bond donors (Lipinski definition) is 2. The highest BCUT2D eigenvalue weighted by molar-refractivity contribution is 7.80. The summed E-state index contributed by atoms with van der Waals surface area (Å²) in [5.41, 5.74) is 1.01. The maximum Gasteiger partial charge on any atom is 0.143 e. The Hall–Kier alpha value is -0.870. The van der Waals surface area contributed by atoms with Gasteiger partial charge in [0.25, 0.3) is 0 Å². The number of aliphatic imine (C=N–C) groups is 1. The first-order chi connectivity index (χ1) is 8.97. The fraction of sp³-hybridized carbons (Fsp3) is 0. The van der Waals surface area contributed by atoms with Crippen molar-refractivity contribution in [3.05, 3.63) is 51.0 Å². The van der Waals surface area contributed by atoms with Crippen molar-refractivity contribution in [2.24, 2.45) is 4.99 Å². The monoisotopic (exact) mass is 331 g/mol. The molecule has 0 aliphatic rings. The number of phenols is 1. The topological polar surface area (TPSA) is 32.6 Å². The third kappa shape index (κ3) is 3.57. The third-order valence-corrected chi connectivity index (χ3v) is 3.46. The van der Waals surface area contributed by atoms with Crippen LogP contribution in [0.5, 0.6) is 5.75 Å². The Balaban J connectivity index is 2.40. The van der Waals surface area contributed by atoms with E-state index in [0.29, 0.717) is 26.2 Å². The van der Waals surface area contributed by atoms with Crippen molar-refractivity contribution in [1.29, 1.82) is 0 Å². The number of thiol groups is 1. The van der Waals surface area contributed by atoms with Gasteiger partial charge in [0.1, 0.15) is 5.75 Å². The van der Waals surface area contributed by atoms with E-state index in [2.05, 4.69) is 17.6 Å². The van der Waals surface area contributed by atoms with Gasteiger partial charge in [-0.25, -0.2) is 0 Å². The van der Waals surface area contributed by atoms with E-state index in [1.807, 2.05) is 0 Å². The van der Waals surface area contributed by atoms with Crippen LogP contribution in [0.15, 0.2) is 40.2 Å². The Kier molecular flexibility index (Phi) is 4.63. The van der Waals surface area contributed by atoms with E-state index >= 15 is 0 Å². The molecule has 0 aliphatic heterocycles. The summed E-state index contributed by atoms with van der Waals surface area (Å²) in [5, 5.41) is 10.9. The van der Waals surface area contributed by atoms with Crippen LogP contribution in [0, 0.1) is 0 Å². The normalized spacial score (nSPS) is 11.2. The largest absolute Gasteiger partial charge is 0.506 e. The summed E-state index contributed by atoms with van der Waals surface area (Å²) in [5.74, 6) is -0.0717. The van der Waals surface area contributed by atoms with Gasteiger partial charge in [0.05, 0.1) is 10.7 Å². The van der Waals surface area contributed by atoms with Gasteiger partial charge in [-0.1, -0.05) is 34.8 Å². The summed E-state index contributed by atoms with van der Waals surface area (Å²) >= 11 is 21.8. The predicted octanol–water partition coefficient (Wildman–Crippen LogP) is 5.39. The number of halogens is 3. The molecular weight excluding hydrogens is 325 g/mol. The second-order valence-corrected chi connectivity index (χ2v) is 5.48. The lowest BCUT2D eigenvalue weighted by Gasteiger charge is -2.03. The Morgan fingerprint density at radius 1 is 1.05 bits per heavy atom. The van der Waals surface area contributed by atoms with Crippen molar-refractivity contribution in [3.8, 4) is 5.75 Å². The average molecular weight is 333 g/mol. The van der Waals surface area contributed by atoms with Crippen LogP contribution in [-0.2, 0) is 0 Å². The molecule has 0 bridgehead atoms. The highest BCUT2D eigenvalue weighted by Gasteiger charge is 2.06. The lowest BCUT2D eigenvalue weighted by molar-refractivity contribution is 0.475. The second-order valence-electron chi connectivity index (χ2n) is 3.72. The van der Waals surface area contributed by atoms with Crippen molar-refractivity contribution < 1.29 is 5.11 Å². The summed E-state index contributed by atoms with van der Waals surface area (Å²) in [7, 11) is 0. The van der Waals surface area contributed by atoms with E-state index in [1.165, 1.54) is 12.3 Å². The standard InChI is InChI=1S/C13H8Cl3NOS/c14-8-1-2-12(19)11(5-8)17-6-7-3-9(15)4-10(16)13(7)18/h1-6,18-19H. The van der Waals surface area contributed by atoms with Crippen LogP contribution in [0.4, 0.5) is 5.69 Å². The molecule has 0 fully saturated rings. The smallest absolute Gasteiger partial charge is 0.143 e. The van der Waals surface area contributed by atoms with Gasteiger partial charge in [-0.05, 0) is 30.3 Å². The maximum absolute atomic E-state index is 9.80. The zero-order valence-electron chi connectivity index (χ0n) is 9.44. The molecule has 0 spiro atoms. The predicted molar refractivity (Wildman–Crippen MR) is 84.1 cm³/mol. The molecule has 1 N–H and O–H groups in total. The number of hydrogen-bond acceptors (Lipinski definition) is 3. The van der Waals surface area contributed by atoms with Crippen LogP contribution in [0.2, 0.25) is 15.1 Å². The molecule has 2 nitrogen and oxygen atoms in total. The molecule has 0 radical (unpaired) electrons. The van der Waals surface area contributed by atoms with Crippen LogP contribution < -0.4 is 0 Å². The zero-order valence-corrected chi connectivity index (χ0v) is 12.6. The molecule has 6 heteroatoms. The molecule has 19 heavy (non-hydrogen) atoms. The van der Waals surface area contributed by atoms with E-state index in [4.69, 9.17) is 34.8 Å². The fourth-order valence-electron chi connectivity index (χ4n) is 1.42. The Morgan fingerprint density at radius 2 is 1.79 bits per heavy atom. The first-order valence-electron chi connectivity index (χ1n) is 5.18. The lowest BCUT2D eigenvalue weighted by atomic mass is 10.2. The van der Waals surface area contributed by atoms with E-state index in [-0.39, 0.29) is 10.8 Å². The molecule has 0 unspecified atom stereocenters. The molecule has 0 atom stereocenters. The van der Waals surface area contributed by atoms with Gasteiger partial charge in [0.2, 0.25) is 0 Å². The molecule has 0 saturated heterocycles. The quantitative estimate of drug-likeness (QED) is 0.561. The molecule has 2 aromatic carbocycles. The van der Waals surface area contributed by atoms with Gasteiger partial charge in [0.15, 0.2) is 0 Å². The van der Waals surface area contributed by atoms with Gasteiger partial charge in [-0.3, -0.25) is 4.99 Å². The van der Waals surface area contributed by atoms with Gasteiger partial charge in [0, 0.05) is 26.7 Å². The minimum Gasteiger partial charge on any atom is -0.506 e. The van der Waals surface area contributed by atoms with Gasteiger partial charge in [-0.2, -0.15) is 0 Å².